The standard InChI is InChI=1S/C50H82N16O12S2/c1-5-27(3)39(47(77)59-30(24-67)25-79)64-43(73)32(15-10-18-56-49(52)53)60-45(75)35(22-38(69)70)63-48(78)40(28(4)6-2)65-44(74)33(16-11-19-57-50(54)55)61-46(76)36-17-12-20-66(36)37(68)23-58-42(72)34(62-41(71)31(51)26-80)21-29-13-8-7-9-14-29/h7-9,13-14,24,27-28,30-36,39-40,79-80H,5-6,10-12,15-23,25-26,51H2,1-4H3,(H,58,72)(H,59,77)(H,60,75)(H,61,76)(H,62,71)(H,63,78)(H,64,73)(H,65,74)(H,69,70)(H4,52,53,56)(H4,54,55,57)/t27-,28-,30+,31-,32-,33-,34-,35-,36-,39-,40-/m0/s1. The molecule has 0 saturated carbocycles. The van der Waals surface area contributed by atoms with Crippen LogP contribution in [0.1, 0.15) is 91.0 Å². The second-order valence-corrected chi connectivity index (χ2v) is 20.1. The minimum absolute atomic E-state index is 0.00552. The van der Waals surface area contributed by atoms with Crippen LogP contribution in [0.25, 0.3) is 0 Å². The van der Waals surface area contributed by atoms with Crippen LogP contribution in [-0.2, 0) is 59.2 Å². The van der Waals surface area contributed by atoms with Crippen LogP contribution in [0.5, 0.6) is 0 Å². The van der Waals surface area contributed by atoms with Gasteiger partial charge in [0.15, 0.2) is 11.9 Å². The summed E-state index contributed by atoms with van der Waals surface area (Å²) >= 11 is 8.13. The van der Waals surface area contributed by atoms with Crippen LogP contribution in [-0.4, -0.2) is 179 Å². The Kier molecular flexibility index (Phi) is 31.1. The lowest BCUT2D eigenvalue weighted by Crippen LogP contribution is -2.61. The van der Waals surface area contributed by atoms with E-state index in [2.05, 4.69) is 77.8 Å². The van der Waals surface area contributed by atoms with Crippen molar-refractivity contribution in [2.45, 2.75) is 146 Å². The van der Waals surface area contributed by atoms with E-state index in [1.54, 1.807) is 58.0 Å². The molecule has 0 bridgehead atoms. The minimum Gasteiger partial charge on any atom is -0.481 e. The summed E-state index contributed by atoms with van der Waals surface area (Å²) in [5, 5.41) is 30.4. The van der Waals surface area contributed by atoms with E-state index in [9.17, 15) is 57.8 Å². The normalized spacial score (nSPS) is 16.6. The molecule has 1 aliphatic rings. The molecule has 1 aromatic rings. The summed E-state index contributed by atoms with van der Waals surface area (Å²) in [6.07, 6.45) is 0.793. The van der Waals surface area contributed by atoms with Gasteiger partial charge in [0.05, 0.1) is 25.0 Å². The number of carboxylic acids is 1. The van der Waals surface area contributed by atoms with Crippen LogP contribution in [0.2, 0.25) is 0 Å². The van der Waals surface area contributed by atoms with E-state index in [0.29, 0.717) is 24.7 Å². The van der Waals surface area contributed by atoms with Gasteiger partial charge in [-0.05, 0) is 55.9 Å². The summed E-state index contributed by atoms with van der Waals surface area (Å²) < 4.78 is 0. The van der Waals surface area contributed by atoms with Crippen LogP contribution in [0.15, 0.2) is 40.3 Å². The molecule has 446 valence electrons. The Labute approximate surface area is 476 Å². The first-order valence-corrected chi connectivity index (χ1v) is 27.7. The van der Waals surface area contributed by atoms with Crippen molar-refractivity contribution >= 4 is 103 Å². The summed E-state index contributed by atoms with van der Waals surface area (Å²) in [6.45, 7) is 6.35. The number of hydrogen-bond acceptors (Lipinski definition) is 16. The van der Waals surface area contributed by atoms with E-state index in [0.717, 1.165) is 0 Å². The maximum absolute atomic E-state index is 14.3. The molecule has 28 nitrogen and oxygen atoms in total. The Morgan fingerprint density at radius 1 is 0.675 bits per heavy atom. The van der Waals surface area contributed by atoms with Gasteiger partial charge >= 0.3 is 5.97 Å². The highest BCUT2D eigenvalue weighted by atomic mass is 32.1. The lowest BCUT2D eigenvalue weighted by molar-refractivity contribution is -0.142. The fourth-order valence-electron chi connectivity index (χ4n) is 8.18. The first kappa shape index (κ1) is 68.9. The number of carbonyl (C=O) groups is 11. The van der Waals surface area contributed by atoms with Gasteiger partial charge in [-0.1, -0.05) is 70.9 Å². The molecule has 9 amide bonds. The summed E-state index contributed by atoms with van der Waals surface area (Å²) in [6, 6.07) is -2.70. The number of carbonyl (C=O) groups excluding carboxylic acids is 10. The molecule has 2 rings (SSSR count). The van der Waals surface area contributed by atoms with Gasteiger partial charge in [0, 0.05) is 37.6 Å². The third kappa shape index (κ3) is 24.0. The molecular formula is C50H82N16O12S2. The number of benzene rings is 1. The minimum atomic E-state index is -1.84. The lowest BCUT2D eigenvalue weighted by Gasteiger charge is -2.30. The topological polar surface area (TPSA) is 462 Å². The third-order valence-electron chi connectivity index (χ3n) is 13.2. The third-order valence-corrected chi connectivity index (χ3v) is 14.0. The number of nitrogens with two attached hydrogens (primary N) is 5. The SMILES string of the molecule is CC[C@H](C)[C@H](NC(=O)[C@H](CCCN=C(N)N)NC(=O)[C@H](CC(=O)O)NC(=O)[C@@H](NC(=O)[C@H](CCCN=C(N)N)NC(=O)[C@@H]1CCCN1C(=O)CNC(=O)[C@H](Cc1ccccc1)NC(=O)[C@@H](N)CS)[C@@H](C)CC)C(=O)N[C@H](C=O)CS. The maximum atomic E-state index is 14.3. The molecule has 1 fully saturated rings. The van der Waals surface area contributed by atoms with Crippen LogP contribution < -0.4 is 71.2 Å². The monoisotopic (exact) mass is 1160 g/mol. The Balaban J connectivity index is 2.40. The first-order valence-electron chi connectivity index (χ1n) is 26.4. The van der Waals surface area contributed by atoms with E-state index in [-0.39, 0.29) is 88.0 Å². The van der Waals surface area contributed by atoms with Crippen LogP contribution in [0, 0.1) is 11.8 Å². The molecule has 0 aliphatic carbocycles. The number of thiol groups is 2. The van der Waals surface area contributed by atoms with Crippen molar-refractivity contribution < 1.29 is 57.8 Å². The van der Waals surface area contributed by atoms with Crippen molar-refractivity contribution in [3.05, 3.63) is 35.9 Å². The number of rotatable bonds is 36. The molecule has 30 heteroatoms. The van der Waals surface area contributed by atoms with Crippen molar-refractivity contribution in [1.82, 2.24) is 47.4 Å². The average Bonchev–Trinajstić information content (AvgIpc) is 3.93. The van der Waals surface area contributed by atoms with Crippen LogP contribution >= 0.6 is 25.3 Å². The van der Waals surface area contributed by atoms with E-state index < -0.39 is 138 Å². The van der Waals surface area contributed by atoms with Crippen molar-refractivity contribution in [2.24, 2.45) is 50.5 Å². The number of nitrogens with one attached hydrogen (secondary N) is 8. The number of guanidine groups is 2. The molecule has 1 aromatic carbocycles. The number of amides is 9. The molecule has 0 radical (unpaired) electrons. The van der Waals surface area contributed by atoms with Crippen molar-refractivity contribution in [1.29, 1.82) is 0 Å². The summed E-state index contributed by atoms with van der Waals surface area (Å²) in [5.41, 5.74) is 28.5. The second kappa shape index (κ2) is 36.1. The molecule has 11 atom stereocenters. The molecule has 0 spiro atoms. The van der Waals surface area contributed by atoms with E-state index in [4.69, 9.17) is 28.7 Å². The molecule has 19 N–H and O–H groups in total. The van der Waals surface area contributed by atoms with E-state index >= 15 is 0 Å². The fraction of sp³-hybridized carbons (Fsp3) is 0.620. The Bertz CT molecular complexity index is 2330. The van der Waals surface area contributed by atoms with Crippen LogP contribution in [0.3, 0.4) is 0 Å². The predicted octanol–water partition coefficient (Wildman–Crippen LogP) is -4.21. The van der Waals surface area contributed by atoms with Gasteiger partial charge in [0.25, 0.3) is 0 Å². The lowest BCUT2D eigenvalue weighted by atomic mass is 9.96. The zero-order valence-electron chi connectivity index (χ0n) is 45.7. The largest absolute Gasteiger partial charge is 0.481 e. The number of aliphatic carboxylic acids is 1. The van der Waals surface area contributed by atoms with E-state index in [1.807, 2.05) is 0 Å². The molecule has 80 heavy (non-hydrogen) atoms. The smallest absolute Gasteiger partial charge is 0.305 e. The highest BCUT2D eigenvalue weighted by Crippen LogP contribution is 2.19. The predicted molar refractivity (Wildman–Crippen MR) is 304 cm³/mol. The number of aldehydes is 1. The van der Waals surface area contributed by atoms with Gasteiger partial charge in [-0.3, -0.25) is 57.9 Å². The van der Waals surface area contributed by atoms with Crippen LogP contribution in [0.4, 0.5) is 0 Å². The summed E-state index contributed by atoms with van der Waals surface area (Å²) in [4.78, 5) is 157. The Morgan fingerprint density at radius 3 is 1.66 bits per heavy atom. The molecule has 0 unspecified atom stereocenters. The number of carboxylic acid groups (broad SMARTS) is 1. The average molecular weight is 1160 g/mol. The molecule has 1 aliphatic heterocycles. The quantitative estimate of drug-likeness (QED) is 0.00996. The van der Waals surface area contributed by atoms with Gasteiger partial charge in [-0.25, -0.2) is 0 Å². The second-order valence-electron chi connectivity index (χ2n) is 19.4. The zero-order chi connectivity index (χ0) is 60.1. The van der Waals surface area contributed by atoms with Gasteiger partial charge in [0.1, 0.15) is 48.6 Å². The molecule has 1 saturated heterocycles. The Morgan fingerprint density at radius 2 is 1.18 bits per heavy atom. The van der Waals surface area contributed by atoms with E-state index in [1.165, 1.54) is 4.90 Å². The van der Waals surface area contributed by atoms with Crippen molar-refractivity contribution in [2.75, 3.05) is 37.7 Å². The Hall–Kier alpha value is -7.21. The summed E-state index contributed by atoms with van der Waals surface area (Å²) in [7, 11) is 0. The maximum Gasteiger partial charge on any atom is 0.305 e. The van der Waals surface area contributed by atoms with Gasteiger partial charge in [-0.15, -0.1) is 0 Å². The fourth-order valence-corrected chi connectivity index (χ4v) is 8.53. The molecule has 0 aromatic heterocycles. The van der Waals surface area contributed by atoms with Gasteiger partial charge < -0.3 is 86.0 Å². The summed E-state index contributed by atoms with van der Waals surface area (Å²) in [5.74, 6) is -10.4. The zero-order valence-corrected chi connectivity index (χ0v) is 47.5. The van der Waals surface area contributed by atoms with Crippen molar-refractivity contribution in [3.8, 4) is 0 Å². The number of aliphatic imine (C=N–C) groups is 2. The molecule has 1 heterocycles. The number of nitrogens with zero attached hydrogens (tertiary/aromatic N) is 3. The number of hydrogen-bond donors (Lipinski definition) is 16. The highest BCUT2D eigenvalue weighted by Gasteiger charge is 2.39. The van der Waals surface area contributed by atoms with Gasteiger partial charge in [0.2, 0.25) is 53.2 Å². The number of likely N-dealkylation sites (tertiary alicyclic amines) is 1. The van der Waals surface area contributed by atoms with Gasteiger partial charge in [-0.2, -0.15) is 25.3 Å². The first-order chi connectivity index (χ1) is 37.9. The molecular weight excluding hydrogens is 1080 g/mol. The highest BCUT2D eigenvalue weighted by molar-refractivity contribution is 7.80. The van der Waals surface area contributed by atoms with Crippen molar-refractivity contribution in [3.63, 3.8) is 0 Å².